The summed E-state index contributed by atoms with van der Waals surface area (Å²) < 4.78 is 10.9. The number of aromatic nitrogens is 3. The standard InChI is InChI=1S/C22H27N5O3/c1-14-15(2)30-20(24-14)13-27-10-4-5-17(12-27)21-19(11-23-26-21)25-22(28)16-6-8-18(29-3)9-7-16/h6-9,11,17H,4-5,10,12-13H2,1-3H3,(H,23,26)(H,25,28). The molecule has 158 valence electrons. The molecule has 1 amide bonds. The number of benzene rings is 1. The van der Waals surface area contributed by atoms with Crippen molar-refractivity contribution in [3.05, 3.63) is 59.1 Å². The van der Waals surface area contributed by atoms with Gasteiger partial charge in [-0.25, -0.2) is 4.98 Å². The highest BCUT2D eigenvalue weighted by atomic mass is 16.5. The second-order valence-electron chi connectivity index (χ2n) is 7.70. The van der Waals surface area contributed by atoms with Crippen molar-refractivity contribution < 1.29 is 13.9 Å². The normalized spacial score (nSPS) is 17.1. The van der Waals surface area contributed by atoms with Crippen molar-refractivity contribution in [2.75, 3.05) is 25.5 Å². The summed E-state index contributed by atoms with van der Waals surface area (Å²) in [5.41, 5.74) is 3.20. The summed E-state index contributed by atoms with van der Waals surface area (Å²) >= 11 is 0. The van der Waals surface area contributed by atoms with Crippen LogP contribution in [0.5, 0.6) is 5.75 Å². The molecule has 1 saturated heterocycles. The van der Waals surface area contributed by atoms with Gasteiger partial charge in [0.15, 0.2) is 0 Å². The van der Waals surface area contributed by atoms with Gasteiger partial charge in [0.05, 0.1) is 36.9 Å². The van der Waals surface area contributed by atoms with Crippen LogP contribution in [0.2, 0.25) is 0 Å². The van der Waals surface area contributed by atoms with Crippen molar-refractivity contribution in [2.45, 2.75) is 39.2 Å². The molecule has 1 unspecified atom stereocenters. The fourth-order valence-corrected chi connectivity index (χ4v) is 3.88. The lowest BCUT2D eigenvalue weighted by atomic mass is 9.94. The van der Waals surface area contributed by atoms with Crippen LogP contribution in [0.25, 0.3) is 0 Å². The summed E-state index contributed by atoms with van der Waals surface area (Å²) in [5.74, 6) is 2.43. The molecule has 8 nitrogen and oxygen atoms in total. The summed E-state index contributed by atoms with van der Waals surface area (Å²) in [6.07, 6.45) is 3.78. The minimum Gasteiger partial charge on any atom is -0.497 e. The average Bonchev–Trinajstić information content (AvgIpc) is 3.34. The topological polar surface area (TPSA) is 96.3 Å². The van der Waals surface area contributed by atoms with Gasteiger partial charge in [-0.1, -0.05) is 0 Å². The molecule has 0 aliphatic carbocycles. The number of rotatable bonds is 6. The van der Waals surface area contributed by atoms with Crippen molar-refractivity contribution in [1.29, 1.82) is 0 Å². The Hall–Kier alpha value is -3.13. The van der Waals surface area contributed by atoms with Crippen molar-refractivity contribution in [2.24, 2.45) is 0 Å². The van der Waals surface area contributed by atoms with Gasteiger partial charge in [0.2, 0.25) is 5.89 Å². The number of anilines is 1. The van der Waals surface area contributed by atoms with Gasteiger partial charge in [-0.2, -0.15) is 5.10 Å². The number of methoxy groups -OCH3 is 1. The van der Waals surface area contributed by atoms with Crippen LogP contribution in [-0.2, 0) is 6.54 Å². The van der Waals surface area contributed by atoms with Gasteiger partial charge < -0.3 is 14.5 Å². The van der Waals surface area contributed by atoms with Crippen LogP contribution in [0.4, 0.5) is 5.69 Å². The highest BCUT2D eigenvalue weighted by Gasteiger charge is 2.26. The van der Waals surface area contributed by atoms with Crippen LogP contribution >= 0.6 is 0 Å². The molecule has 1 aliphatic rings. The molecule has 1 fully saturated rings. The summed E-state index contributed by atoms with van der Waals surface area (Å²) in [5, 5.41) is 10.3. The SMILES string of the molecule is COc1ccc(C(=O)Nc2cn[nH]c2C2CCCN(Cc3nc(C)c(C)o3)C2)cc1. The molecule has 30 heavy (non-hydrogen) atoms. The number of oxazole rings is 1. The number of piperidine rings is 1. The van der Waals surface area contributed by atoms with Crippen LogP contribution in [0.15, 0.2) is 34.9 Å². The van der Waals surface area contributed by atoms with Crippen molar-refractivity contribution in [3.63, 3.8) is 0 Å². The van der Waals surface area contributed by atoms with E-state index in [4.69, 9.17) is 9.15 Å². The zero-order valence-electron chi connectivity index (χ0n) is 17.6. The lowest BCUT2D eigenvalue weighted by molar-refractivity contribution is 0.102. The van der Waals surface area contributed by atoms with Crippen LogP contribution in [0.1, 0.15) is 52.2 Å². The number of aromatic amines is 1. The maximum absolute atomic E-state index is 12.7. The molecule has 0 spiro atoms. The first kappa shape index (κ1) is 20.2. The molecule has 0 saturated carbocycles. The van der Waals surface area contributed by atoms with E-state index in [-0.39, 0.29) is 11.8 Å². The van der Waals surface area contributed by atoms with Crippen molar-refractivity contribution in [1.82, 2.24) is 20.1 Å². The summed E-state index contributed by atoms with van der Waals surface area (Å²) in [6.45, 7) is 6.44. The monoisotopic (exact) mass is 409 g/mol. The van der Waals surface area contributed by atoms with E-state index in [0.717, 1.165) is 54.7 Å². The Bertz CT molecular complexity index is 989. The zero-order chi connectivity index (χ0) is 21.1. The molecule has 1 atom stereocenters. The van der Waals surface area contributed by atoms with E-state index < -0.39 is 0 Å². The van der Waals surface area contributed by atoms with Gasteiger partial charge in [0, 0.05) is 18.0 Å². The van der Waals surface area contributed by atoms with Gasteiger partial charge in [0.25, 0.3) is 5.91 Å². The molecule has 1 aromatic carbocycles. The van der Waals surface area contributed by atoms with E-state index in [9.17, 15) is 4.79 Å². The molecular weight excluding hydrogens is 382 g/mol. The Morgan fingerprint density at radius 1 is 1.33 bits per heavy atom. The Morgan fingerprint density at radius 2 is 2.13 bits per heavy atom. The lowest BCUT2D eigenvalue weighted by Crippen LogP contribution is -2.34. The lowest BCUT2D eigenvalue weighted by Gasteiger charge is -2.31. The predicted octanol–water partition coefficient (Wildman–Crippen LogP) is 3.66. The maximum Gasteiger partial charge on any atom is 0.255 e. The number of ether oxygens (including phenoxy) is 1. The molecule has 2 aromatic heterocycles. The third kappa shape index (κ3) is 4.38. The number of hydrogen-bond acceptors (Lipinski definition) is 6. The average molecular weight is 409 g/mol. The van der Waals surface area contributed by atoms with Crippen LogP contribution < -0.4 is 10.1 Å². The van der Waals surface area contributed by atoms with Gasteiger partial charge in [0.1, 0.15) is 11.5 Å². The second-order valence-corrected chi connectivity index (χ2v) is 7.70. The molecule has 2 N–H and O–H groups in total. The van der Waals surface area contributed by atoms with Crippen LogP contribution in [-0.4, -0.2) is 46.2 Å². The third-order valence-electron chi connectivity index (χ3n) is 5.61. The Balaban J connectivity index is 1.43. The molecule has 1 aliphatic heterocycles. The van der Waals surface area contributed by atoms with Crippen LogP contribution in [0, 0.1) is 13.8 Å². The number of hydrogen-bond donors (Lipinski definition) is 2. The highest BCUT2D eigenvalue weighted by Crippen LogP contribution is 2.31. The van der Waals surface area contributed by atoms with Crippen LogP contribution in [0.3, 0.4) is 0 Å². The Labute approximate surface area is 175 Å². The fraction of sp³-hybridized carbons (Fsp3) is 0.409. The summed E-state index contributed by atoms with van der Waals surface area (Å²) in [6, 6.07) is 7.04. The maximum atomic E-state index is 12.7. The fourth-order valence-electron chi connectivity index (χ4n) is 3.88. The third-order valence-corrected chi connectivity index (χ3v) is 5.61. The number of H-pyrrole nitrogens is 1. The second kappa shape index (κ2) is 8.71. The van der Waals surface area contributed by atoms with E-state index in [1.807, 2.05) is 13.8 Å². The molecular formula is C22H27N5O3. The molecule has 4 rings (SSSR count). The minimum absolute atomic E-state index is 0.168. The first-order valence-corrected chi connectivity index (χ1v) is 10.2. The van der Waals surface area contributed by atoms with E-state index in [0.29, 0.717) is 17.9 Å². The highest BCUT2D eigenvalue weighted by molar-refractivity contribution is 6.04. The number of nitrogens with zero attached hydrogens (tertiary/aromatic N) is 3. The first-order valence-electron chi connectivity index (χ1n) is 10.2. The molecule has 3 aromatic rings. The van der Waals surface area contributed by atoms with Gasteiger partial charge in [-0.3, -0.25) is 14.8 Å². The molecule has 0 bridgehead atoms. The van der Waals surface area contributed by atoms with E-state index in [1.165, 1.54) is 0 Å². The summed E-state index contributed by atoms with van der Waals surface area (Å²) in [4.78, 5) is 19.5. The van der Waals surface area contributed by atoms with Gasteiger partial charge >= 0.3 is 0 Å². The smallest absolute Gasteiger partial charge is 0.255 e. The van der Waals surface area contributed by atoms with E-state index in [1.54, 1.807) is 37.6 Å². The van der Waals surface area contributed by atoms with Crippen molar-refractivity contribution in [3.8, 4) is 5.75 Å². The van der Waals surface area contributed by atoms with Crippen molar-refractivity contribution >= 4 is 11.6 Å². The number of carbonyl (C=O) groups is 1. The number of likely N-dealkylation sites (tertiary alicyclic amines) is 1. The number of carbonyl (C=O) groups excluding carboxylic acids is 1. The predicted molar refractivity (Wildman–Crippen MR) is 113 cm³/mol. The van der Waals surface area contributed by atoms with E-state index >= 15 is 0 Å². The van der Waals surface area contributed by atoms with E-state index in [2.05, 4.69) is 25.4 Å². The first-order chi connectivity index (χ1) is 14.5. The Kier molecular flexibility index (Phi) is 5.85. The number of aryl methyl sites for hydroxylation is 2. The molecule has 3 heterocycles. The Morgan fingerprint density at radius 3 is 2.83 bits per heavy atom. The largest absolute Gasteiger partial charge is 0.497 e. The zero-order valence-corrected chi connectivity index (χ0v) is 17.6. The van der Waals surface area contributed by atoms with Gasteiger partial charge in [-0.15, -0.1) is 0 Å². The quantitative estimate of drug-likeness (QED) is 0.645. The number of nitrogens with one attached hydrogen (secondary N) is 2. The molecule has 8 heteroatoms. The molecule has 0 radical (unpaired) electrons. The number of amides is 1. The van der Waals surface area contributed by atoms with Gasteiger partial charge in [-0.05, 0) is 57.5 Å². The summed E-state index contributed by atoms with van der Waals surface area (Å²) in [7, 11) is 1.60. The minimum atomic E-state index is -0.168.